The summed E-state index contributed by atoms with van der Waals surface area (Å²) in [7, 11) is 1.96. The number of aliphatic hydroxyl groups is 1. The molecule has 0 unspecified atom stereocenters. The van der Waals surface area contributed by atoms with Gasteiger partial charge in [0.25, 0.3) is 5.91 Å². The van der Waals surface area contributed by atoms with E-state index in [1.165, 1.54) is 0 Å². The van der Waals surface area contributed by atoms with Crippen LogP contribution in [0.4, 0.5) is 0 Å². The third-order valence-corrected chi connectivity index (χ3v) is 5.01. The van der Waals surface area contributed by atoms with Crippen molar-refractivity contribution in [2.45, 2.75) is 5.60 Å². The molecule has 0 saturated heterocycles. The highest BCUT2D eigenvalue weighted by Gasteiger charge is 2.39. The van der Waals surface area contributed by atoms with Gasteiger partial charge in [-0.3, -0.25) is 4.79 Å². The molecule has 0 spiro atoms. The Morgan fingerprint density at radius 2 is 1.48 bits per heavy atom. The first-order valence-electron chi connectivity index (χ1n) is 9.31. The first-order chi connectivity index (χ1) is 14.1. The van der Waals surface area contributed by atoms with Crippen LogP contribution < -0.4 is 5.43 Å². The molecule has 1 amide bonds. The van der Waals surface area contributed by atoms with E-state index < -0.39 is 11.5 Å². The minimum atomic E-state index is -1.85. The Kier molecular flexibility index (Phi) is 4.97. The molecule has 1 heterocycles. The summed E-state index contributed by atoms with van der Waals surface area (Å²) < 4.78 is 2.00. The summed E-state index contributed by atoms with van der Waals surface area (Å²) in [4.78, 5) is 13.0. The molecule has 1 aromatic heterocycles. The molecule has 0 aliphatic rings. The second-order valence-corrected chi connectivity index (χ2v) is 6.85. The highest BCUT2D eigenvalue weighted by Crippen LogP contribution is 2.29. The van der Waals surface area contributed by atoms with E-state index in [0.717, 1.165) is 16.5 Å². The maximum atomic E-state index is 13.0. The standard InChI is InChI=1S/C24H21N3O2/c1-27-17-18(21-14-8-9-15-22(21)27)16-25-26-23(28)24(29,19-10-4-2-5-11-19)20-12-6-3-7-13-20/h2-17,29H,1H3,(H,26,28)/b25-16-. The molecular weight excluding hydrogens is 362 g/mol. The third kappa shape index (κ3) is 3.44. The Morgan fingerprint density at radius 1 is 0.931 bits per heavy atom. The predicted octanol–water partition coefficient (Wildman–Crippen LogP) is 3.56. The van der Waals surface area contributed by atoms with Crippen molar-refractivity contribution in [2.75, 3.05) is 0 Å². The summed E-state index contributed by atoms with van der Waals surface area (Å²) >= 11 is 0. The monoisotopic (exact) mass is 383 g/mol. The number of hydrogen-bond acceptors (Lipinski definition) is 3. The van der Waals surface area contributed by atoms with Crippen molar-refractivity contribution in [3.8, 4) is 0 Å². The van der Waals surface area contributed by atoms with Gasteiger partial charge in [0.1, 0.15) is 0 Å². The molecule has 0 fully saturated rings. The first-order valence-corrected chi connectivity index (χ1v) is 9.31. The summed E-state index contributed by atoms with van der Waals surface area (Å²) in [5.41, 5.74) is 3.57. The summed E-state index contributed by atoms with van der Waals surface area (Å²) in [6.07, 6.45) is 3.54. The van der Waals surface area contributed by atoms with Crippen LogP contribution in [-0.2, 0) is 17.4 Å². The molecule has 0 radical (unpaired) electrons. The Hall–Kier alpha value is -3.70. The molecule has 144 valence electrons. The van der Waals surface area contributed by atoms with Gasteiger partial charge >= 0.3 is 0 Å². The molecule has 0 atom stereocenters. The van der Waals surface area contributed by atoms with Gasteiger partial charge in [-0.2, -0.15) is 5.10 Å². The molecule has 4 aromatic rings. The Morgan fingerprint density at radius 3 is 2.10 bits per heavy atom. The zero-order valence-corrected chi connectivity index (χ0v) is 16.0. The number of carbonyl (C=O) groups is 1. The normalized spacial score (nSPS) is 11.8. The number of nitrogens with one attached hydrogen (secondary N) is 1. The number of rotatable bonds is 5. The van der Waals surface area contributed by atoms with E-state index in [0.29, 0.717) is 11.1 Å². The van der Waals surface area contributed by atoms with E-state index >= 15 is 0 Å². The van der Waals surface area contributed by atoms with Crippen molar-refractivity contribution in [3.05, 3.63) is 108 Å². The quantitative estimate of drug-likeness (QED) is 0.409. The summed E-state index contributed by atoms with van der Waals surface area (Å²) in [6.45, 7) is 0. The molecule has 3 aromatic carbocycles. The highest BCUT2D eigenvalue weighted by molar-refractivity contribution is 6.00. The second-order valence-electron chi connectivity index (χ2n) is 6.85. The number of carbonyl (C=O) groups excluding carboxylic acids is 1. The molecule has 0 aliphatic carbocycles. The molecule has 2 N–H and O–H groups in total. The predicted molar refractivity (Wildman–Crippen MR) is 115 cm³/mol. The maximum Gasteiger partial charge on any atom is 0.281 e. The molecule has 0 aliphatic heterocycles. The van der Waals surface area contributed by atoms with Crippen molar-refractivity contribution < 1.29 is 9.90 Å². The number of hydrazone groups is 1. The molecule has 0 saturated carbocycles. The van der Waals surface area contributed by atoms with Gasteiger partial charge in [-0.1, -0.05) is 78.9 Å². The van der Waals surface area contributed by atoms with Gasteiger partial charge in [-0.05, 0) is 17.2 Å². The van der Waals surface area contributed by atoms with E-state index in [4.69, 9.17) is 0 Å². The maximum absolute atomic E-state index is 13.0. The van der Waals surface area contributed by atoms with Crippen molar-refractivity contribution >= 4 is 23.0 Å². The fourth-order valence-corrected chi connectivity index (χ4v) is 3.50. The Balaban J connectivity index is 1.65. The number of para-hydroxylation sites is 1. The van der Waals surface area contributed by atoms with Gasteiger partial charge in [0, 0.05) is 29.7 Å². The zero-order valence-electron chi connectivity index (χ0n) is 16.0. The zero-order chi connectivity index (χ0) is 20.3. The number of fused-ring (bicyclic) bond motifs is 1. The number of hydrogen-bond donors (Lipinski definition) is 2. The lowest BCUT2D eigenvalue weighted by Gasteiger charge is -2.27. The minimum absolute atomic E-state index is 0.476. The fourth-order valence-electron chi connectivity index (χ4n) is 3.50. The lowest BCUT2D eigenvalue weighted by Crippen LogP contribution is -2.43. The van der Waals surface area contributed by atoms with Crippen LogP contribution in [0.15, 0.2) is 96.2 Å². The van der Waals surface area contributed by atoms with Gasteiger partial charge in [-0.25, -0.2) is 5.43 Å². The average Bonchev–Trinajstić information content (AvgIpc) is 3.10. The van der Waals surface area contributed by atoms with Gasteiger partial charge in [0.2, 0.25) is 0 Å². The topological polar surface area (TPSA) is 66.6 Å². The molecule has 29 heavy (non-hydrogen) atoms. The van der Waals surface area contributed by atoms with Crippen LogP contribution in [0.2, 0.25) is 0 Å². The average molecular weight is 383 g/mol. The van der Waals surface area contributed by atoms with Gasteiger partial charge in [0.05, 0.1) is 6.21 Å². The highest BCUT2D eigenvalue weighted by atomic mass is 16.3. The van der Waals surface area contributed by atoms with Crippen LogP contribution in [0.1, 0.15) is 16.7 Å². The third-order valence-electron chi connectivity index (χ3n) is 5.01. The summed E-state index contributed by atoms with van der Waals surface area (Å²) in [6, 6.07) is 25.7. The van der Waals surface area contributed by atoms with Crippen LogP contribution in [0.3, 0.4) is 0 Å². The van der Waals surface area contributed by atoms with Crippen LogP contribution in [-0.4, -0.2) is 21.8 Å². The molecular formula is C24H21N3O2. The van der Waals surface area contributed by atoms with Crippen LogP contribution in [0.25, 0.3) is 10.9 Å². The SMILES string of the molecule is Cn1cc(/C=N\NC(=O)C(O)(c2ccccc2)c2ccccc2)c2ccccc21. The Labute approximate surface area is 168 Å². The first kappa shape index (κ1) is 18.7. The Bertz CT molecular complexity index is 1130. The number of nitrogens with zero attached hydrogens (tertiary/aromatic N) is 2. The summed E-state index contributed by atoms with van der Waals surface area (Å²) in [5, 5.41) is 16.6. The fraction of sp³-hybridized carbons (Fsp3) is 0.0833. The van der Waals surface area contributed by atoms with Crippen molar-refractivity contribution in [1.29, 1.82) is 0 Å². The molecule has 0 bridgehead atoms. The number of benzene rings is 3. The van der Waals surface area contributed by atoms with E-state index in [1.54, 1.807) is 54.7 Å². The van der Waals surface area contributed by atoms with Crippen LogP contribution in [0.5, 0.6) is 0 Å². The minimum Gasteiger partial charge on any atom is -0.372 e. The smallest absolute Gasteiger partial charge is 0.281 e. The lowest BCUT2D eigenvalue weighted by molar-refractivity contribution is -0.136. The van der Waals surface area contributed by atoms with Crippen molar-refractivity contribution in [3.63, 3.8) is 0 Å². The van der Waals surface area contributed by atoms with E-state index in [-0.39, 0.29) is 0 Å². The van der Waals surface area contributed by atoms with Crippen molar-refractivity contribution in [2.24, 2.45) is 12.1 Å². The number of aryl methyl sites for hydroxylation is 1. The summed E-state index contributed by atoms with van der Waals surface area (Å²) in [5.74, 6) is -0.619. The van der Waals surface area contributed by atoms with E-state index in [1.807, 2.05) is 54.2 Å². The number of amides is 1. The largest absolute Gasteiger partial charge is 0.372 e. The molecule has 4 rings (SSSR count). The lowest BCUT2D eigenvalue weighted by atomic mass is 9.85. The second kappa shape index (κ2) is 7.73. The van der Waals surface area contributed by atoms with Gasteiger partial charge < -0.3 is 9.67 Å². The van der Waals surface area contributed by atoms with Crippen LogP contribution in [0, 0.1) is 0 Å². The van der Waals surface area contributed by atoms with Gasteiger partial charge in [0.15, 0.2) is 5.60 Å². The molecule has 5 nitrogen and oxygen atoms in total. The van der Waals surface area contributed by atoms with Crippen molar-refractivity contribution in [1.82, 2.24) is 9.99 Å². The molecule has 5 heteroatoms. The van der Waals surface area contributed by atoms with E-state index in [9.17, 15) is 9.90 Å². The van der Waals surface area contributed by atoms with E-state index in [2.05, 4.69) is 10.5 Å². The van der Waals surface area contributed by atoms with Gasteiger partial charge in [-0.15, -0.1) is 0 Å². The van der Waals surface area contributed by atoms with Crippen LogP contribution >= 0.6 is 0 Å². The number of aromatic nitrogens is 1.